The van der Waals surface area contributed by atoms with E-state index in [0.29, 0.717) is 18.4 Å². The number of aromatic amines is 1. The third kappa shape index (κ3) is 2.32. The molecule has 0 aliphatic heterocycles. The minimum Gasteiger partial charge on any atom is -0.364 e. The predicted octanol–water partition coefficient (Wildman–Crippen LogP) is 1.25. The van der Waals surface area contributed by atoms with Crippen LogP contribution in [0.3, 0.4) is 0 Å². The molecule has 0 radical (unpaired) electrons. The normalized spacial score (nSPS) is 16.1. The van der Waals surface area contributed by atoms with Gasteiger partial charge in [0.2, 0.25) is 0 Å². The lowest BCUT2D eigenvalue weighted by Crippen LogP contribution is -2.31. The van der Waals surface area contributed by atoms with E-state index in [1.807, 2.05) is 18.3 Å². The summed E-state index contributed by atoms with van der Waals surface area (Å²) in [6.45, 7) is 4.94. The van der Waals surface area contributed by atoms with Crippen molar-refractivity contribution < 1.29 is 0 Å². The van der Waals surface area contributed by atoms with Crippen LogP contribution in [0, 0.1) is 11.8 Å². The molecular weight excluding hydrogens is 162 g/mol. The number of H-pyrrole nitrogens is 1. The molecule has 74 valence electrons. The van der Waals surface area contributed by atoms with E-state index in [9.17, 15) is 0 Å². The summed E-state index contributed by atoms with van der Waals surface area (Å²) in [5.74, 6) is 0.863. The van der Waals surface area contributed by atoms with Crippen molar-refractivity contribution in [2.24, 2.45) is 23.3 Å². The van der Waals surface area contributed by atoms with Crippen molar-refractivity contribution >= 4 is 0 Å². The van der Waals surface area contributed by atoms with Crippen molar-refractivity contribution in [2.75, 3.05) is 6.54 Å². The first-order chi connectivity index (χ1) is 6.16. The Bertz CT molecular complexity index is 228. The molecule has 3 nitrogen and oxygen atoms in total. The molecular formula is C10H19N3. The Morgan fingerprint density at radius 1 is 1.46 bits per heavy atom. The Morgan fingerprint density at radius 2 is 2.15 bits per heavy atom. The van der Waals surface area contributed by atoms with Crippen LogP contribution in [0.1, 0.15) is 25.6 Å². The van der Waals surface area contributed by atoms with Crippen LogP contribution >= 0.6 is 0 Å². The molecule has 0 amide bonds. The molecule has 5 N–H and O–H groups in total. The summed E-state index contributed by atoms with van der Waals surface area (Å²) >= 11 is 0. The van der Waals surface area contributed by atoms with E-state index >= 15 is 0 Å². The molecule has 2 atom stereocenters. The van der Waals surface area contributed by atoms with E-state index in [0.717, 1.165) is 5.69 Å². The molecule has 1 aromatic rings. The van der Waals surface area contributed by atoms with E-state index in [1.54, 1.807) is 0 Å². The number of hydrogen-bond donors (Lipinski definition) is 3. The zero-order chi connectivity index (χ0) is 9.84. The van der Waals surface area contributed by atoms with Gasteiger partial charge >= 0.3 is 0 Å². The summed E-state index contributed by atoms with van der Waals surface area (Å²) in [4.78, 5) is 3.13. The fourth-order valence-corrected chi connectivity index (χ4v) is 1.62. The Kier molecular flexibility index (Phi) is 3.51. The first kappa shape index (κ1) is 10.3. The Balaban J connectivity index is 2.70. The number of aromatic nitrogens is 1. The summed E-state index contributed by atoms with van der Waals surface area (Å²) in [7, 11) is 0. The van der Waals surface area contributed by atoms with Gasteiger partial charge in [-0.3, -0.25) is 0 Å². The average Bonchev–Trinajstić information content (AvgIpc) is 2.56. The Labute approximate surface area is 79.5 Å². The molecule has 13 heavy (non-hydrogen) atoms. The predicted molar refractivity (Wildman–Crippen MR) is 55.1 cm³/mol. The van der Waals surface area contributed by atoms with Crippen LogP contribution in [0.15, 0.2) is 18.3 Å². The second kappa shape index (κ2) is 4.44. The van der Waals surface area contributed by atoms with Crippen molar-refractivity contribution in [1.82, 2.24) is 4.98 Å². The molecule has 2 unspecified atom stereocenters. The topological polar surface area (TPSA) is 67.8 Å². The van der Waals surface area contributed by atoms with Crippen LogP contribution in [-0.2, 0) is 0 Å². The molecule has 0 aliphatic carbocycles. The number of rotatable bonds is 4. The minimum absolute atomic E-state index is 0.0278. The maximum Gasteiger partial charge on any atom is 0.0490 e. The SMILES string of the molecule is CC(C)C(CN)C(N)c1ccc[nH]1. The zero-order valence-corrected chi connectivity index (χ0v) is 8.33. The van der Waals surface area contributed by atoms with Crippen molar-refractivity contribution in [2.45, 2.75) is 19.9 Å². The number of nitrogens with one attached hydrogen (secondary N) is 1. The molecule has 0 saturated heterocycles. The Morgan fingerprint density at radius 3 is 2.54 bits per heavy atom. The van der Waals surface area contributed by atoms with Crippen LogP contribution in [0.4, 0.5) is 0 Å². The maximum atomic E-state index is 6.08. The molecule has 0 fully saturated rings. The van der Waals surface area contributed by atoms with Crippen LogP contribution in [-0.4, -0.2) is 11.5 Å². The van der Waals surface area contributed by atoms with E-state index < -0.39 is 0 Å². The van der Waals surface area contributed by atoms with Gasteiger partial charge in [-0.15, -0.1) is 0 Å². The van der Waals surface area contributed by atoms with Gasteiger partial charge in [-0.1, -0.05) is 13.8 Å². The molecule has 0 saturated carbocycles. The third-order valence-electron chi connectivity index (χ3n) is 2.57. The summed E-state index contributed by atoms with van der Waals surface area (Å²) in [6, 6.07) is 4.00. The molecule has 1 heterocycles. The van der Waals surface area contributed by atoms with Crippen molar-refractivity contribution in [3.05, 3.63) is 24.0 Å². The molecule has 1 aromatic heterocycles. The molecule has 0 aliphatic rings. The number of nitrogens with two attached hydrogens (primary N) is 2. The van der Waals surface area contributed by atoms with E-state index in [4.69, 9.17) is 11.5 Å². The fraction of sp³-hybridized carbons (Fsp3) is 0.600. The number of hydrogen-bond acceptors (Lipinski definition) is 2. The summed E-state index contributed by atoms with van der Waals surface area (Å²) in [5.41, 5.74) is 12.8. The summed E-state index contributed by atoms with van der Waals surface area (Å²) in [5, 5.41) is 0. The van der Waals surface area contributed by atoms with E-state index in [1.165, 1.54) is 0 Å². The van der Waals surface area contributed by atoms with Crippen LogP contribution in [0.25, 0.3) is 0 Å². The van der Waals surface area contributed by atoms with Crippen molar-refractivity contribution in [3.63, 3.8) is 0 Å². The lowest BCUT2D eigenvalue weighted by molar-refractivity contribution is 0.327. The van der Waals surface area contributed by atoms with Crippen LogP contribution < -0.4 is 11.5 Å². The van der Waals surface area contributed by atoms with Gasteiger partial charge in [0.1, 0.15) is 0 Å². The quantitative estimate of drug-likeness (QED) is 0.654. The molecule has 3 heteroatoms. The van der Waals surface area contributed by atoms with Gasteiger partial charge in [-0.2, -0.15) is 0 Å². The zero-order valence-electron chi connectivity index (χ0n) is 8.33. The average molecular weight is 181 g/mol. The highest BCUT2D eigenvalue weighted by atomic mass is 14.8. The summed E-state index contributed by atoms with van der Waals surface area (Å²) < 4.78 is 0. The smallest absolute Gasteiger partial charge is 0.0490 e. The highest BCUT2D eigenvalue weighted by Crippen LogP contribution is 2.23. The van der Waals surface area contributed by atoms with E-state index in [2.05, 4.69) is 18.8 Å². The van der Waals surface area contributed by atoms with E-state index in [-0.39, 0.29) is 6.04 Å². The molecule has 0 bridgehead atoms. The second-order valence-corrected chi connectivity index (χ2v) is 3.79. The van der Waals surface area contributed by atoms with Gasteiger partial charge in [-0.25, -0.2) is 0 Å². The monoisotopic (exact) mass is 181 g/mol. The highest BCUT2D eigenvalue weighted by molar-refractivity contribution is 5.10. The molecule has 1 rings (SSSR count). The first-order valence-electron chi connectivity index (χ1n) is 4.75. The second-order valence-electron chi connectivity index (χ2n) is 3.79. The van der Waals surface area contributed by atoms with Gasteiger partial charge in [0.15, 0.2) is 0 Å². The van der Waals surface area contributed by atoms with Gasteiger partial charge in [0, 0.05) is 17.9 Å². The third-order valence-corrected chi connectivity index (χ3v) is 2.57. The largest absolute Gasteiger partial charge is 0.364 e. The van der Waals surface area contributed by atoms with Gasteiger partial charge in [0.05, 0.1) is 0 Å². The van der Waals surface area contributed by atoms with Gasteiger partial charge < -0.3 is 16.5 Å². The molecule has 0 aromatic carbocycles. The first-order valence-corrected chi connectivity index (χ1v) is 4.75. The van der Waals surface area contributed by atoms with Crippen LogP contribution in [0.5, 0.6) is 0 Å². The maximum absolute atomic E-state index is 6.08. The highest BCUT2D eigenvalue weighted by Gasteiger charge is 2.21. The molecule has 0 spiro atoms. The lowest BCUT2D eigenvalue weighted by atomic mass is 9.87. The fourth-order valence-electron chi connectivity index (χ4n) is 1.62. The van der Waals surface area contributed by atoms with Crippen molar-refractivity contribution in [1.29, 1.82) is 0 Å². The van der Waals surface area contributed by atoms with Gasteiger partial charge in [0.25, 0.3) is 0 Å². The van der Waals surface area contributed by atoms with Crippen molar-refractivity contribution in [3.8, 4) is 0 Å². The standard InChI is InChI=1S/C10H19N3/c1-7(2)8(6-11)10(12)9-4-3-5-13-9/h3-5,7-8,10,13H,6,11-12H2,1-2H3. The van der Waals surface area contributed by atoms with Crippen LogP contribution in [0.2, 0.25) is 0 Å². The minimum atomic E-state index is 0.0278. The Hall–Kier alpha value is -0.800. The lowest BCUT2D eigenvalue weighted by Gasteiger charge is -2.25. The van der Waals surface area contributed by atoms with Gasteiger partial charge in [-0.05, 0) is 30.5 Å². The summed E-state index contributed by atoms with van der Waals surface area (Å²) in [6.07, 6.45) is 1.89.